The second-order valence-corrected chi connectivity index (χ2v) is 2.50. The summed E-state index contributed by atoms with van der Waals surface area (Å²) in [6, 6.07) is 9.58. The van der Waals surface area contributed by atoms with E-state index in [1.54, 1.807) is 0 Å². The molecular weight excluding hydrogens is 172 g/mol. The number of benzene rings is 1. The van der Waals surface area contributed by atoms with Crippen molar-refractivity contribution in [3.05, 3.63) is 30.3 Å². The van der Waals surface area contributed by atoms with Gasteiger partial charge in [0.1, 0.15) is 0 Å². The number of hydrogen-bond donors (Lipinski definition) is 4. The van der Waals surface area contributed by atoms with Gasteiger partial charge < -0.3 is 5.32 Å². The van der Waals surface area contributed by atoms with Gasteiger partial charge in [-0.15, -0.1) is 0 Å². The van der Waals surface area contributed by atoms with Crippen LogP contribution in [0.1, 0.15) is 0 Å². The van der Waals surface area contributed by atoms with Crippen molar-refractivity contribution in [2.24, 2.45) is 5.84 Å². The zero-order valence-electron chi connectivity index (χ0n) is 6.37. The van der Waals surface area contributed by atoms with Crippen molar-refractivity contribution in [2.75, 3.05) is 5.32 Å². The molecule has 12 heavy (non-hydrogen) atoms. The van der Waals surface area contributed by atoms with Gasteiger partial charge in [-0.05, 0) is 24.4 Å². The SMILES string of the molecule is NNNC(=S)Nc1ccccc1. The van der Waals surface area contributed by atoms with E-state index in [4.69, 9.17) is 18.1 Å². The lowest BCUT2D eigenvalue weighted by molar-refractivity contribution is 0.702. The molecule has 5 heteroatoms. The van der Waals surface area contributed by atoms with E-state index in [9.17, 15) is 0 Å². The number of hydrogen-bond acceptors (Lipinski definition) is 3. The third-order valence-electron chi connectivity index (χ3n) is 1.22. The minimum Gasteiger partial charge on any atom is -0.332 e. The summed E-state index contributed by atoms with van der Waals surface area (Å²) >= 11 is 4.87. The van der Waals surface area contributed by atoms with Gasteiger partial charge in [0.15, 0.2) is 5.11 Å². The molecule has 0 aliphatic carbocycles. The molecule has 0 bridgehead atoms. The van der Waals surface area contributed by atoms with Crippen LogP contribution in [0, 0.1) is 0 Å². The van der Waals surface area contributed by atoms with Crippen LogP contribution in [0.4, 0.5) is 5.69 Å². The third kappa shape index (κ3) is 2.83. The van der Waals surface area contributed by atoms with Crippen LogP contribution in [0.25, 0.3) is 0 Å². The first-order valence-corrected chi connectivity index (χ1v) is 3.81. The van der Waals surface area contributed by atoms with Crippen molar-refractivity contribution in [3.8, 4) is 0 Å². The van der Waals surface area contributed by atoms with Crippen molar-refractivity contribution in [2.45, 2.75) is 0 Å². The second-order valence-electron chi connectivity index (χ2n) is 2.09. The predicted molar refractivity (Wildman–Crippen MR) is 53.1 cm³/mol. The molecule has 0 fully saturated rings. The fourth-order valence-electron chi connectivity index (χ4n) is 0.749. The Morgan fingerprint density at radius 3 is 2.50 bits per heavy atom. The lowest BCUT2D eigenvalue weighted by Gasteiger charge is -2.07. The van der Waals surface area contributed by atoms with Crippen LogP contribution in [0.3, 0.4) is 0 Å². The highest BCUT2D eigenvalue weighted by atomic mass is 32.1. The minimum atomic E-state index is 0.434. The summed E-state index contributed by atoms with van der Waals surface area (Å²) in [5, 5.41) is 3.35. The molecule has 0 saturated heterocycles. The monoisotopic (exact) mass is 182 g/mol. The Labute approximate surface area is 76.1 Å². The minimum absolute atomic E-state index is 0.434. The van der Waals surface area contributed by atoms with Crippen LogP contribution >= 0.6 is 12.2 Å². The molecule has 0 atom stereocenters. The quantitative estimate of drug-likeness (QED) is 0.302. The summed E-state index contributed by atoms with van der Waals surface area (Å²) in [4.78, 5) is 0. The van der Waals surface area contributed by atoms with Crippen molar-refractivity contribution in [1.29, 1.82) is 0 Å². The standard InChI is InChI=1S/C7H10N4S/c8-11-10-7(12)9-6-4-2-1-3-5-6/h1-5,11H,8H2,(H2,9,10,12). The molecular formula is C7H10N4S. The molecule has 0 aromatic heterocycles. The van der Waals surface area contributed by atoms with E-state index in [1.807, 2.05) is 30.3 Å². The maximum Gasteiger partial charge on any atom is 0.186 e. The first-order valence-electron chi connectivity index (χ1n) is 3.40. The van der Waals surface area contributed by atoms with Crippen molar-refractivity contribution in [3.63, 3.8) is 0 Å². The van der Waals surface area contributed by atoms with Gasteiger partial charge in [0.2, 0.25) is 0 Å². The Morgan fingerprint density at radius 2 is 1.92 bits per heavy atom. The molecule has 5 N–H and O–H groups in total. The highest BCUT2D eigenvalue weighted by Gasteiger charge is 1.92. The van der Waals surface area contributed by atoms with E-state index in [-0.39, 0.29) is 0 Å². The van der Waals surface area contributed by atoms with E-state index < -0.39 is 0 Å². The molecule has 1 rings (SSSR count). The van der Waals surface area contributed by atoms with E-state index in [1.165, 1.54) is 0 Å². The number of para-hydroxylation sites is 1. The fourth-order valence-corrected chi connectivity index (χ4v) is 0.926. The van der Waals surface area contributed by atoms with Gasteiger partial charge in [0, 0.05) is 5.69 Å². The van der Waals surface area contributed by atoms with Crippen LogP contribution in [-0.4, -0.2) is 5.11 Å². The molecule has 0 aliphatic rings. The van der Waals surface area contributed by atoms with Gasteiger partial charge in [-0.3, -0.25) is 11.3 Å². The molecule has 0 unspecified atom stereocenters. The number of nitrogens with one attached hydrogen (secondary N) is 3. The second kappa shape index (κ2) is 4.66. The number of anilines is 1. The Kier molecular flexibility index (Phi) is 3.46. The van der Waals surface area contributed by atoms with E-state index in [0.29, 0.717) is 5.11 Å². The summed E-state index contributed by atoms with van der Waals surface area (Å²) < 4.78 is 0. The normalized spacial score (nSPS) is 9.08. The molecule has 0 aliphatic heterocycles. The van der Waals surface area contributed by atoms with Gasteiger partial charge in [-0.25, -0.2) is 0 Å². The lowest BCUT2D eigenvalue weighted by Crippen LogP contribution is -2.44. The molecule has 0 heterocycles. The largest absolute Gasteiger partial charge is 0.332 e. The summed E-state index contributed by atoms with van der Waals surface area (Å²) in [5.41, 5.74) is 5.70. The molecule has 4 nitrogen and oxygen atoms in total. The van der Waals surface area contributed by atoms with Gasteiger partial charge in [-0.1, -0.05) is 18.2 Å². The van der Waals surface area contributed by atoms with E-state index in [2.05, 4.69) is 16.3 Å². The Morgan fingerprint density at radius 1 is 1.25 bits per heavy atom. The summed E-state index contributed by atoms with van der Waals surface area (Å²) in [6.45, 7) is 0. The third-order valence-corrected chi connectivity index (χ3v) is 1.42. The fraction of sp³-hybridized carbons (Fsp3) is 0. The van der Waals surface area contributed by atoms with Crippen molar-refractivity contribution < 1.29 is 0 Å². The highest BCUT2D eigenvalue weighted by molar-refractivity contribution is 7.80. The first-order chi connectivity index (χ1) is 5.83. The topological polar surface area (TPSA) is 62.1 Å². The van der Waals surface area contributed by atoms with Gasteiger partial charge >= 0.3 is 0 Å². The molecule has 64 valence electrons. The average molecular weight is 182 g/mol. The van der Waals surface area contributed by atoms with Crippen molar-refractivity contribution in [1.82, 2.24) is 11.0 Å². The van der Waals surface area contributed by atoms with Crippen LogP contribution in [0.5, 0.6) is 0 Å². The number of thiocarbonyl (C=S) groups is 1. The zero-order chi connectivity index (χ0) is 8.81. The lowest BCUT2D eigenvalue weighted by atomic mass is 10.3. The number of hydrazine groups is 2. The predicted octanol–water partition coefficient (Wildman–Crippen LogP) is 0.351. The first kappa shape index (κ1) is 8.92. The summed E-state index contributed by atoms with van der Waals surface area (Å²) in [5.74, 6) is 4.99. The van der Waals surface area contributed by atoms with Crippen molar-refractivity contribution >= 4 is 23.0 Å². The van der Waals surface area contributed by atoms with Gasteiger partial charge in [-0.2, -0.15) is 5.53 Å². The number of rotatable bonds is 2. The van der Waals surface area contributed by atoms with Crippen LogP contribution in [-0.2, 0) is 0 Å². The number of nitrogens with two attached hydrogens (primary N) is 1. The molecule has 0 saturated carbocycles. The molecule has 0 amide bonds. The maximum atomic E-state index is 4.99. The van der Waals surface area contributed by atoms with Crippen LogP contribution in [0.15, 0.2) is 30.3 Å². The zero-order valence-corrected chi connectivity index (χ0v) is 7.19. The van der Waals surface area contributed by atoms with Gasteiger partial charge in [0.05, 0.1) is 0 Å². The Bertz CT molecular complexity index is 249. The highest BCUT2D eigenvalue weighted by Crippen LogP contribution is 2.03. The molecule has 0 spiro atoms. The summed E-state index contributed by atoms with van der Waals surface area (Å²) in [7, 11) is 0. The van der Waals surface area contributed by atoms with Crippen LogP contribution in [0.2, 0.25) is 0 Å². The van der Waals surface area contributed by atoms with Crippen LogP contribution < -0.4 is 22.1 Å². The Hall–Kier alpha value is -1.17. The van der Waals surface area contributed by atoms with Gasteiger partial charge in [0.25, 0.3) is 0 Å². The van der Waals surface area contributed by atoms with E-state index >= 15 is 0 Å². The average Bonchev–Trinajstić information content (AvgIpc) is 2.06. The Balaban J connectivity index is 2.47. The molecule has 0 radical (unpaired) electrons. The molecule has 1 aromatic carbocycles. The van der Waals surface area contributed by atoms with E-state index in [0.717, 1.165) is 5.69 Å². The summed E-state index contributed by atoms with van der Waals surface area (Å²) in [6.07, 6.45) is 0. The molecule has 1 aromatic rings. The smallest absolute Gasteiger partial charge is 0.186 e. The maximum absolute atomic E-state index is 4.99.